The summed E-state index contributed by atoms with van der Waals surface area (Å²) in [6.07, 6.45) is 0.719. The SMILES string of the molecule is O=C(Nc1ccccc1[N+](=O)[O-])C1CCN(S(=O)(=O)c2ccccc2)CC1. The van der Waals surface area contributed by atoms with Gasteiger partial charge in [-0.3, -0.25) is 14.9 Å². The van der Waals surface area contributed by atoms with Gasteiger partial charge in [-0.05, 0) is 31.0 Å². The van der Waals surface area contributed by atoms with Crippen molar-refractivity contribution < 1.29 is 18.1 Å². The molecule has 0 bridgehead atoms. The van der Waals surface area contributed by atoms with Crippen LogP contribution in [0.15, 0.2) is 59.5 Å². The predicted octanol–water partition coefficient (Wildman–Crippen LogP) is 2.63. The number of nitro groups is 1. The van der Waals surface area contributed by atoms with E-state index in [4.69, 9.17) is 0 Å². The van der Waals surface area contributed by atoms with E-state index in [2.05, 4.69) is 5.32 Å². The van der Waals surface area contributed by atoms with E-state index in [9.17, 15) is 23.3 Å². The highest BCUT2D eigenvalue weighted by atomic mass is 32.2. The Morgan fingerprint density at radius 2 is 1.63 bits per heavy atom. The monoisotopic (exact) mass is 389 g/mol. The number of amides is 1. The molecule has 0 unspecified atom stereocenters. The number of anilines is 1. The molecule has 1 amide bonds. The molecule has 3 rings (SSSR count). The van der Waals surface area contributed by atoms with Gasteiger partial charge in [0.05, 0.1) is 9.82 Å². The third-order valence-corrected chi connectivity index (χ3v) is 6.48. The number of para-hydroxylation sites is 2. The highest BCUT2D eigenvalue weighted by Crippen LogP contribution is 2.27. The lowest BCUT2D eigenvalue weighted by Crippen LogP contribution is -2.41. The van der Waals surface area contributed by atoms with E-state index < -0.39 is 20.9 Å². The van der Waals surface area contributed by atoms with Crippen molar-refractivity contribution in [3.63, 3.8) is 0 Å². The van der Waals surface area contributed by atoms with Gasteiger partial charge in [-0.25, -0.2) is 8.42 Å². The molecule has 0 radical (unpaired) electrons. The fourth-order valence-electron chi connectivity index (χ4n) is 3.07. The summed E-state index contributed by atoms with van der Waals surface area (Å²) in [7, 11) is -3.58. The normalized spacial score (nSPS) is 16.0. The van der Waals surface area contributed by atoms with Gasteiger partial charge in [0.25, 0.3) is 5.69 Å². The maximum Gasteiger partial charge on any atom is 0.292 e. The maximum atomic E-state index is 12.6. The Morgan fingerprint density at radius 3 is 2.26 bits per heavy atom. The average molecular weight is 389 g/mol. The number of hydrogen-bond acceptors (Lipinski definition) is 5. The predicted molar refractivity (Wildman–Crippen MR) is 99.7 cm³/mol. The minimum atomic E-state index is -3.58. The number of hydrogen-bond donors (Lipinski definition) is 1. The van der Waals surface area contributed by atoms with Crippen LogP contribution in [-0.4, -0.2) is 36.6 Å². The van der Waals surface area contributed by atoms with Crippen LogP contribution in [0.5, 0.6) is 0 Å². The Bertz CT molecular complexity index is 938. The van der Waals surface area contributed by atoms with E-state index >= 15 is 0 Å². The van der Waals surface area contributed by atoms with Crippen molar-refractivity contribution in [2.24, 2.45) is 5.92 Å². The molecule has 1 heterocycles. The first-order chi connectivity index (χ1) is 12.9. The number of carbonyl (C=O) groups is 1. The van der Waals surface area contributed by atoms with Crippen molar-refractivity contribution in [3.05, 3.63) is 64.7 Å². The van der Waals surface area contributed by atoms with Crippen molar-refractivity contribution in [2.45, 2.75) is 17.7 Å². The number of nitrogens with zero attached hydrogens (tertiary/aromatic N) is 2. The van der Waals surface area contributed by atoms with Gasteiger partial charge in [-0.1, -0.05) is 30.3 Å². The molecule has 8 nitrogen and oxygen atoms in total. The number of nitro benzene ring substituents is 1. The van der Waals surface area contributed by atoms with Crippen molar-refractivity contribution >= 4 is 27.3 Å². The molecule has 1 aliphatic heterocycles. The second-order valence-corrected chi connectivity index (χ2v) is 8.19. The molecule has 0 spiro atoms. The van der Waals surface area contributed by atoms with Gasteiger partial charge in [-0.15, -0.1) is 0 Å². The number of nitrogens with one attached hydrogen (secondary N) is 1. The maximum absolute atomic E-state index is 12.6. The van der Waals surface area contributed by atoms with Crippen LogP contribution < -0.4 is 5.32 Å². The Balaban J connectivity index is 1.64. The first-order valence-corrected chi connectivity index (χ1v) is 9.93. The number of benzene rings is 2. The van der Waals surface area contributed by atoms with Gasteiger partial charge in [0.15, 0.2) is 0 Å². The Hall–Kier alpha value is -2.78. The summed E-state index contributed by atoms with van der Waals surface area (Å²) in [5.41, 5.74) is -0.0261. The molecule has 0 aromatic heterocycles. The molecular weight excluding hydrogens is 370 g/mol. The van der Waals surface area contributed by atoms with Crippen LogP contribution in [0.4, 0.5) is 11.4 Å². The zero-order valence-electron chi connectivity index (χ0n) is 14.4. The van der Waals surface area contributed by atoms with Crippen LogP contribution in [0.1, 0.15) is 12.8 Å². The van der Waals surface area contributed by atoms with Crippen LogP contribution in [0.25, 0.3) is 0 Å². The smallest absolute Gasteiger partial charge is 0.292 e. The van der Waals surface area contributed by atoms with E-state index in [0.717, 1.165) is 0 Å². The van der Waals surface area contributed by atoms with Gasteiger partial charge in [0.1, 0.15) is 5.69 Å². The summed E-state index contributed by atoms with van der Waals surface area (Å²) in [6, 6.07) is 14.1. The number of carbonyl (C=O) groups excluding carboxylic acids is 1. The van der Waals surface area contributed by atoms with Crippen LogP contribution in [0.3, 0.4) is 0 Å². The van der Waals surface area contributed by atoms with Crippen LogP contribution >= 0.6 is 0 Å². The van der Waals surface area contributed by atoms with Gasteiger partial charge >= 0.3 is 0 Å². The quantitative estimate of drug-likeness (QED) is 0.624. The minimum absolute atomic E-state index is 0.145. The molecule has 0 aliphatic carbocycles. The lowest BCUT2D eigenvalue weighted by Gasteiger charge is -2.30. The van der Waals surface area contributed by atoms with Gasteiger partial charge in [-0.2, -0.15) is 4.31 Å². The zero-order valence-corrected chi connectivity index (χ0v) is 15.3. The van der Waals surface area contributed by atoms with Crippen LogP contribution in [0.2, 0.25) is 0 Å². The summed E-state index contributed by atoms with van der Waals surface area (Å²) < 4.78 is 26.6. The van der Waals surface area contributed by atoms with Crippen molar-refractivity contribution in [1.82, 2.24) is 4.31 Å². The molecule has 9 heteroatoms. The van der Waals surface area contributed by atoms with Crippen LogP contribution in [0, 0.1) is 16.0 Å². The molecule has 2 aromatic carbocycles. The molecule has 0 atom stereocenters. The zero-order chi connectivity index (χ0) is 19.4. The topological polar surface area (TPSA) is 110 Å². The number of piperidine rings is 1. The molecule has 1 fully saturated rings. The average Bonchev–Trinajstić information content (AvgIpc) is 2.69. The highest BCUT2D eigenvalue weighted by Gasteiger charge is 2.32. The van der Waals surface area contributed by atoms with Crippen LogP contribution in [-0.2, 0) is 14.8 Å². The molecule has 1 N–H and O–H groups in total. The third kappa shape index (κ3) is 4.15. The summed E-state index contributed by atoms with van der Waals surface area (Å²) >= 11 is 0. The van der Waals surface area contributed by atoms with E-state index in [1.807, 2.05) is 0 Å². The summed E-state index contributed by atoms with van der Waals surface area (Å²) in [5.74, 6) is -0.729. The fourth-order valence-corrected chi connectivity index (χ4v) is 4.56. The second-order valence-electron chi connectivity index (χ2n) is 6.25. The fraction of sp³-hybridized carbons (Fsp3) is 0.278. The van der Waals surface area contributed by atoms with E-state index in [1.54, 1.807) is 36.4 Å². The highest BCUT2D eigenvalue weighted by molar-refractivity contribution is 7.89. The molecule has 27 heavy (non-hydrogen) atoms. The Kier molecular flexibility index (Phi) is 5.52. The van der Waals surface area contributed by atoms with Crippen molar-refractivity contribution in [2.75, 3.05) is 18.4 Å². The first-order valence-electron chi connectivity index (χ1n) is 8.49. The Labute approximate surface area is 157 Å². The lowest BCUT2D eigenvalue weighted by molar-refractivity contribution is -0.383. The van der Waals surface area contributed by atoms with Crippen molar-refractivity contribution in [1.29, 1.82) is 0 Å². The van der Waals surface area contributed by atoms with Gasteiger partial charge in [0.2, 0.25) is 15.9 Å². The molecule has 1 saturated heterocycles. The Morgan fingerprint density at radius 1 is 1.04 bits per heavy atom. The lowest BCUT2D eigenvalue weighted by atomic mass is 9.97. The summed E-state index contributed by atoms with van der Waals surface area (Å²) in [5, 5.41) is 13.6. The second kappa shape index (κ2) is 7.85. The minimum Gasteiger partial charge on any atom is -0.320 e. The molecule has 142 valence electrons. The van der Waals surface area contributed by atoms with Gasteiger partial charge < -0.3 is 5.32 Å². The molecule has 2 aromatic rings. The van der Waals surface area contributed by atoms with Crippen molar-refractivity contribution in [3.8, 4) is 0 Å². The van der Waals surface area contributed by atoms with Gasteiger partial charge in [0, 0.05) is 25.1 Å². The standard InChI is InChI=1S/C18H19N3O5S/c22-18(19-16-8-4-5-9-17(16)21(23)24)14-10-12-20(13-11-14)27(25,26)15-6-2-1-3-7-15/h1-9,14H,10-13H2,(H,19,22). The van der Waals surface area contributed by atoms with E-state index in [-0.39, 0.29) is 35.3 Å². The third-order valence-electron chi connectivity index (χ3n) is 4.56. The molecular formula is C18H19N3O5S. The van der Waals surface area contributed by atoms with E-state index in [1.165, 1.54) is 22.5 Å². The molecule has 0 saturated carbocycles. The number of rotatable bonds is 5. The largest absolute Gasteiger partial charge is 0.320 e. The summed E-state index contributed by atoms with van der Waals surface area (Å²) in [4.78, 5) is 23.2. The molecule has 1 aliphatic rings. The first kappa shape index (κ1) is 19.0. The number of sulfonamides is 1. The summed E-state index contributed by atoms with van der Waals surface area (Å²) in [6.45, 7) is 0.457. The van der Waals surface area contributed by atoms with E-state index in [0.29, 0.717) is 12.8 Å².